The first-order valence-corrected chi connectivity index (χ1v) is 12.8. The van der Waals surface area contributed by atoms with Crippen molar-refractivity contribution in [3.05, 3.63) is 33.8 Å². The highest BCUT2D eigenvalue weighted by Crippen LogP contribution is 2.24. The Morgan fingerprint density at radius 1 is 1.17 bits per heavy atom. The highest BCUT2D eigenvalue weighted by molar-refractivity contribution is 6.42. The molecule has 2 saturated heterocycles. The van der Waals surface area contributed by atoms with Crippen molar-refractivity contribution in [3.63, 3.8) is 0 Å². The first kappa shape index (κ1) is 29.2. The van der Waals surface area contributed by atoms with E-state index in [9.17, 15) is 9.59 Å². The monoisotopic (exact) mass is 530 g/mol. The number of urea groups is 1. The summed E-state index contributed by atoms with van der Waals surface area (Å²) in [4.78, 5) is 36.8. The predicted molar refractivity (Wildman–Crippen MR) is 136 cm³/mol. The third kappa shape index (κ3) is 10.6. The average molecular weight is 531 g/mol. The number of halogens is 2. The van der Waals surface area contributed by atoms with Crippen LogP contribution < -0.4 is 10.6 Å². The molecule has 2 aliphatic rings. The zero-order valence-electron chi connectivity index (χ0n) is 20.2. The second-order valence-electron chi connectivity index (χ2n) is 8.69. The summed E-state index contributed by atoms with van der Waals surface area (Å²) in [7, 11) is 0. The van der Waals surface area contributed by atoms with Crippen molar-refractivity contribution in [2.75, 3.05) is 45.9 Å². The molecule has 2 heterocycles. The van der Waals surface area contributed by atoms with Crippen LogP contribution in [0.1, 0.15) is 38.2 Å². The standard InChI is InChI=1S/C23H34Cl2N4O3.CH2O2/c1-2-26-23(31)29-9-7-17(8-10-29)4-6-22(30)27-14-19-16-28(11-12-32-19)15-18-3-5-20(24)21(25)13-18;2-1-3/h3,5,13,17,19H,2,4,6-12,14-16H2,1H3,(H,26,31)(H,27,30);1H,(H,2,3)/t19-;/m0./s1. The van der Waals surface area contributed by atoms with Gasteiger partial charge in [-0.1, -0.05) is 29.3 Å². The molecule has 0 aliphatic carbocycles. The number of nitrogens with zero attached hydrogens (tertiary/aromatic N) is 2. The summed E-state index contributed by atoms with van der Waals surface area (Å²) in [5.41, 5.74) is 1.11. The molecule has 0 spiro atoms. The van der Waals surface area contributed by atoms with Gasteiger partial charge in [0.05, 0.1) is 22.8 Å². The Bertz CT molecular complexity index is 821. The Morgan fingerprint density at radius 2 is 1.89 bits per heavy atom. The number of carbonyl (C=O) groups excluding carboxylic acids is 2. The molecule has 196 valence electrons. The number of morpholine rings is 1. The number of benzene rings is 1. The van der Waals surface area contributed by atoms with Crippen LogP contribution in [0.5, 0.6) is 0 Å². The van der Waals surface area contributed by atoms with E-state index in [1.165, 1.54) is 0 Å². The molecule has 0 unspecified atom stereocenters. The van der Waals surface area contributed by atoms with Gasteiger partial charge in [-0.2, -0.15) is 0 Å². The lowest BCUT2D eigenvalue weighted by Crippen LogP contribution is -2.47. The van der Waals surface area contributed by atoms with Crippen LogP contribution in [0.2, 0.25) is 10.0 Å². The molecule has 0 bridgehead atoms. The number of nitrogens with one attached hydrogen (secondary N) is 2. The fourth-order valence-corrected chi connectivity index (χ4v) is 4.60. The lowest BCUT2D eigenvalue weighted by molar-refractivity contribution is -0.123. The van der Waals surface area contributed by atoms with Crippen LogP contribution in [0.15, 0.2) is 18.2 Å². The number of likely N-dealkylation sites (tertiary alicyclic amines) is 1. The smallest absolute Gasteiger partial charge is 0.317 e. The van der Waals surface area contributed by atoms with Gasteiger partial charge >= 0.3 is 6.03 Å². The van der Waals surface area contributed by atoms with Crippen LogP contribution in [-0.2, 0) is 20.9 Å². The lowest BCUT2D eigenvalue weighted by Gasteiger charge is -2.33. The summed E-state index contributed by atoms with van der Waals surface area (Å²) in [6.07, 6.45) is 3.28. The van der Waals surface area contributed by atoms with E-state index in [2.05, 4.69) is 15.5 Å². The molecule has 0 radical (unpaired) electrons. The van der Waals surface area contributed by atoms with Crippen LogP contribution >= 0.6 is 23.2 Å². The fraction of sp³-hybridized carbons (Fsp3) is 0.625. The Balaban J connectivity index is 0.00000137. The molecule has 0 saturated carbocycles. The van der Waals surface area contributed by atoms with Gasteiger partial charge in [-0.3, -0.25) is 14.5 Å². The largest absolute Gasteiger partial charge is 0.483 e. The second kappa shape index (κ2) is 15.8. The van der Waals surface area contributed by atoms with Crippen molar-refractivity contribution in [1.29, 1.82) is 0 Å². The third-order valence-electron chi connectivity index (χ3n) is 6.15. The molecule has 2 aliphatic heterocycles. The Kier molecular flexibility index (Phi) is 13.2. The minimum atomic E-state index is -0.250. The van der Waals surface area contributed by atoms with Gasteiger partial charge in [0.15, 0.2) is 0 Å². The van der Waals surface area contributed by atoms with E-state index in [0.29, 0.717) is 42.1 Å². The van der Waals surface area contributed by atoms with E-state index in [1.807, 2.05) is 30.0 Å². The molecule has 3 N–H and O–H groups in total. The van der Waals surface area contributed by atoms with E-state index in [4.69, 9.17) is 37.8 Å². The number of rotatable bonds is 8. The molecule has 1 aromatic rings. The molecule has 3 amide bonds. The maximum Gasteiger partial charge on any atom is 0.317 e. The minimum absolute atomic E-state index is 0.0178. The number of piperidine rings is 1. The maximum atomic E-state index is 12.3. The van der Waals surface area contributed by atoms with Gasteiger partial charge < -0.3 is 25.4 Å². The van der Waals surface area contributed by atoms with E-state index >= 15 is 0 Å². The molecule has 1 aromatic carbocycles. The summed E-state index contributed by atoms with van der Waals surface area (Å²) >= 11 is 12.1. The first-order chi connectivity index (χ1) is 16.9. The van der Waals surface area contributed by atoms with Crippen LogP contribution in [0.25, 0.3) is 0 Å². The number of carbonyl (C=O) groups is 3. The third-order valence-corrected chi connectivity index (χ3v) is 6.89. The first-order valence-electron chi connectivity index (χ1n) is 12.0. The normalized spacial score (nSPS) is 18.8. The van der Waals surface area contributed by atoms with Gasteiger partial charge in [-0.05, 0) is 49.8 Å². The van der Waals surface area contributed by atoms with Crippen molar-refractivity contribution >= 4 is 41.6 Å². The number of hydrogen-bond acceptors (Lipinski definition) is 5. The number of hydrogen-bond donors (Lipinski definition) is 3. The van der Waals surface area contributed by atoms with Crippen molar-refractivity contribution in [1.82, 2.24) is 20.4 Å². The zero-order valence-corrected chi connectivity index (χ0v) is 21.7. The molecule has 9 nitrogen and oxygen atoms in total. The van der Waals surface area contributed by atoms with Crippen molar-refractivity contribution in [3.8, 4) is 0 Å². The van der Waals surface area contributed by atoms with Gasteiger partial charge in [0, 0.05) is 52.2 Å². The average Bonchev–Trinajstić information content (AvgIpc) is 2.85. The van der Waals surface area contributed by atoms with Crippen LogP contribution in [0.3, 0.4) is 0 Å². The van der Waals surface area contributed by atoms with Crippen LogP contribution in [-0.4, -0.2) is 85.3 Å². The number of carboxylic acid groups (broad SMARTS) is 1. The molecule has 35 heavy (non-hydrogen) atoms. The fourth-order valence-electron chi connectivity index (χ4n) is 4.28. The van der Waals surface area contributed by atoms with Gasteiger partial charge in [-0.25, -0.2) is 4.79 Å². The van der Waals surface area contributed by atoms with Crippen molar-refractivity contribution < 1.29 is 24.2 Å². The highest BCUT2D eigenvalue weighted by atomic mass is 35.5. The van der Waals surface area contributed by atoms with Gasteiger partial charge in [0.1, 0.15) is 0 Å². The van der Waals surface area contributed by atoms with Gasteiger partial charge in [-0.15, -0.1) is 0 Å². The minimum Gasteiger partial charge on any atom is -0.483 e. The lowest BCUT2D eigenvalue weighted by atomic mass is 9.92. The Labute approximate surface area is 217 Å². The predicted octanol–water partition coefficient (Wildman–Crippen LogP) is 3.23. The molecule has 11 heteroatoms. The van der Waals surface area contributed by atoms with E-state index in [1.54, 1.807) is 0 Å². The van der Waals surface area contributed by atoms with Gasteiger partial charge in [0.25, 0.3) is 6.47 Å². The van der Waals surface area contributed by atoms with Crippen molar-refractivity contribution in [2.24, 2.45) is 5.92 Å². The van der Waals surface area contributed by atoms with E-state index in [0.717, 1.165) is 57.5 Å². The summed E-state index contributed by atoms with van der Waals surface area (Å²) in [5.74, 6) is 0.570. The highest BCUT2D eigenvalue weighted by Gasteiger charge is 2.24. The summed E-state index contributed by atoms with van der Waals surface area (Å²) < 4.78 is 5.84. The molecule has 2 fully saturated rings. The molecule has 1 atom stereocenters. The molecular weight excluding hydrogens is 495 g/mol. The number of amides is 3. The van der Waals surface area contributed by atoms with Crippen LogP contribution in [0.4, 0.5) is 4.79 Å². The van der Waals surface area contributed by atoms with Crippen molar-refractivity contribution in [2.45, 2.75) is 45.3 Å². The Hall–Kier alpha value is -2.07. The van der Waals surface area contributed by atoms with E-state index in [-0.39, 0.29) is 24.5 Å². The molecular formula is C24H36Cl2N4O5. The van der Waals surface area contributed by atoms with Gasteiger partial charge in [0.2, 0.25) is 5.91 Å². The van der Waals surface area contributed by atoms with Crippen LogP contribution in [0, 0.1) is 5.92 Å². The van der Waals surface area contributed by atoms with E-state index < -0.39 is 0 Å². The number of ether oxygens (including phenoxy) is 1. The molecule has 0 aromatic heterocycles. The zero-order chi connectivity index (χ0) is 25.6. The maximum absolute atomic E-state index is 12.3. The SMILES string of the molecule is CCNC(=O)N1CCC(CCC(=O)NC[C@H]2CN(Cc3ccc(Cl)c(Cl)c3)CCO2)CC1.O=CO. The summed E-state index contributed by atoms with van der Waals surface area (Å²) in [5, 5.41) is 13.9. The molecule has 3 rings (SSSR count). The Morgan fingerprint density at radius 3 is 2.54 bits per heavy atom. The summed E-state index contributed by atoms with van der Waals surface area (Å²) in [6, 6.07) is 5.73. The topological polar surface area (TPSA) is 111 Å². The summed E-state index contributed by atoms with van der Waals surface area (Å²) in [6.45, 7) is 7.41. The second-order valence-corrected chi connectivity index (χ2v) is 9.50. The quantitative estimate of drug-likeness (QED) is 0.445.